The van der Waals surface area contributed by atoms with Crippen LogP contribution in [-0.4, -0.2) is 50.6 Å². The van der Waals surface area contributed by atoms with Gasteiger partial charge in [-0.05, 0) is 32.5 Å². The molecule has 0 bridgehead atoms. The van der Waals surface area contributed by atoms with Gasteiger partial charge in [-0.15, -0.1) is 0 Å². The first kappa shape index (κ1) is 15.8. The maximum Gasteiger partial charge on any atom is 0.234 e. The number of benzene rings is 1. The molecule has 1 aromatic carbocycles. The first-order valence-electron chi connectivity index (χ1n) is 7.51. The van der Waals surface area contributed by atoms with Crippen molar-refractivity contribution in [3.8, 4) is 5.75 Å². The average molecular weight is 291 g/mol. The topological polar surface area (TPSA) is 53.6 Å². The second-order valence-electron chi connectivity index (χ2n) is 5.45. The third-order valence-corrected chi connectivity index (χ3v) is 3.95. The zero-order valence-electron chi connectivity index (χ0n) is 12.9. The van der Waals surface area contributed by atoms with Gasteiger partial charge in [0.2, 0.25) is 5.91 Å². The lowest BCUT2D eigenvalue weighted by molar-refractivity contribution is -0.122. The summed E-state index contributed by atoms with van der Waals surface area (Å²) in [7, 11) is 3.63. The summed E-state index contributed by atoms with van der Waals surface area (Å²) in [4.78, 5) is 14.3. The monoisotopic (exact) mass is 291 g/mol. The number of nitrogens with one attached hydrogen (secondary N) is 2. The highest BCUT2D eigenvalue weighted by Gasteiger charge is 2.20. The lowest BCUT2D eigenvalue weighted by atomic mass is 10.1. The zero-order chi connectivity index (χ0) is 15.1. The smallest absolute Gasteiger partial charge is 0.234 e. The molecule has 21 heavy (non-hydrogen) atoms. The normalized spacial score (nSPS) is 19.2. The van der Waals surface area contributed by atoms with Gasteiger partial charge in [0.25, 0.3) is 0 Å². The van der Waals surface area contributed by atoms with E-state index in [-0.39, 0.29) is 5.91 Å². The predicted octanol–water partition coefficient (Wildman–Crippen LogP) is 0.995. The van der Waals surface area contributed by atoms with E-state index in [1.807, 2.05) is 31.3 Å². The van der Waals surface area contributed by atoms with Crippen LogP contribution in [0.25, 0.3) is 0 Å². The molecule has 0 aliphatic carbocycles. The highest BCUT2D eigenvalue weighted by Crippen LogP contribution is 2.16. The summed E-state index contributed by atoms with van der Waals surface area (Å²) in [5.41, 5.74) is 1.00. The van der Waals surface area contributed by atoms with Crippen molar-refractivity contribution in [2.24, 2.45) is 0 Å². The molecule has 0 spiro atoms. The Hall–Kier alpha value is -1.59. The summed E-state index contributed by atoms with van der Waals surface area (Å²) in [6.45, 7) is 2.91. The minimum absolute atomic E-state index is 0.0673. The lowest BCUT2D eigenvalue weighted by Gasteiger charge is -2.31. The number of ether oxygens (including phenoxy) is 1. The van der Waals surface area contributed by atoms with Crippen molar-refractivity contribution in [2.75, 3.05) is 33.8 Å². The molecule has 1 atom stereocenters. The number of hydrogen-bond donors (Lipinski definition) is 2. The van der Waals surface area contributed by atoms with Gasteiger partial charge in [0.05, 0.1) is 13.7 Å². The molecule has 1 saturated heterocycles. The van der Waals surface area contributed by atoms with Gasteiger partial charge in [0.15, 0.2) is 0 Å². The van der Waals surface area contributed by atoms with Crippen molar-refractivity contribution in [1.82, 2.24) is 15.5 Å². The zero-order valence-corrected chi connectivity index (χ0v) is 12.9. The van der Waals surface area contributed by atoms with Crippen LogP contribution in [0.3, 0.4) is 0 Å². The van der Waals surface area contributed by atoms with Crippen LogP contribution in [0, 0.1) is 0 Å². The predicted molar refractivity (Wildman–Crippen MR) is 83.4 cm³/mol. The maximum atomic E-state index is 12.1. The molecule has 2 N–H and O–H groups in total. The molecule has 0 aromatic heterocycles. The Balaban J connectivity index is 1.79. The second kappa shape index (κ2) is 8.00. The van der Waals surface area contributed by atoms with Gasteiger partial charge >= 0.3 is 0 Å². The lowest BCUT2D eigenvalue weighted by Crippen LogP contribution is -2.47. The fourth-order valence-electron chi connectivity index (χ4n) is 2.74. The van der Waals surface area contributed by atoms with Crippen molar-refractivity contribution in [3.63, 3.8) is 0 Å². The summed E-state index contributed by atoms with van der Waals surface area (Å²) in [5, 5.41) is 6.26. The Kier molecular flexibility index (Phi) is 6.02. The molecule has 1 fully saturated rings. The van der Waals surface area contributed by atoms with E-state index in [1.165, 1.54) is 6.42 Å². The van der Waals surface area contributed by atoms with Gasteiger partial charge in [-0.25, -0.2) is 0 Å². The van der Waals surface area contributed by atoms with Crippen molar-refractivity contribution in [1.29, 1.82) is 0 Å². The van der Waals surface area contributed by atoms with Crippen molar-refractivity contribution < 1.29 is 9.53 Å². The minimum atomic E-state index is 0.0673. The third kappa shape index (κ3) is 4.72. The van der Waals surface area contributed by atoms with Crippen LogP contribution in [0.5, 0.6) is 5.75 Å². The summed E-state index contributed by atoms with van der Waals surface area (Å²) >= 11 is 0. The summed E-state index contributed by atoms with van der Waals surface area (Å²) < 4.78 is 5.29. The number of nitrogens with zero attached hydrogens (tertiary/aromatic N) is 1. The van der Waals surface area contributed by atoms with Gasteiger partial charge in [-0.2, -0.15) is 0 Å². The van der Waals surface area contributed by atoms with Gasteiger partial charge in [-0.1, -0.05) is 18.2 Å². The molecule has 116 valence electrons. The van der Waals surface area contributed by atoms with Crippen molar-refractivity contribution in [3.05, 3.63) is 29.8 Å². The largest absolute Gasteiger partial charge is 0.496 e. The number of piperidine rings is 1. The average Bonchev–Trinajstić information content (AvgIpc) is 2.53. The Bertz CT molecular complexity index is 465. The number of likely N-dealkylation sites (tertiary alicyclic amines) is 1. The number of amides is 1. The van der Waals surface area contributed by atoms with E-state index >= 15 is 0 Å². The van der Waals surface area contributed by atoms with Gasteiger partial charge in [0, 0.05) is 24.7 Å². The summed E-state index contributed by atoms with van der Waals surface area (Å²) in [6, 6.07) is 8.25. The van der Waals surface area contributed by atoms with Gasteiger partial charge in [-0.3, -0.25) is 9.69 Å². The van der Waals surface area contributed by atoms with Crippen LogP contribution < -0.4 is 15.4 Å². The van der Waals surface area contributed by atoms with Crippen LogP contribution in [0.2, 0.25) is 0 Å². The van der Waals surface area contributed by atoms with E-state index < -0.39 is 0 Å². The molecule has 2 rings (SSSR count). The number of likely N-dealkylation sites (N-methyl/N-ethyl adjacent to an activating group) is 1. The summed E-state index contributed by atoms with van der Waals surface area (Å²) in [6.07, 6.45) is 2.33. The number of para-hydroxylation sites is 1. The molecule has 5 heteroatoms. The molecule has 1 amide bonds. The van der Waals surface area contributed by atoms with Gasteiger partial charge in [0.1, 0.15) is 5.75 Å². The Morgan fingerprint density at radius 1 is 1.43 bits per heavy atom. The SMILES string of the molecule is CNC1CCCN(CC(=O)NCc2ccccc2OC)C1. The Morgan fingerprint density at radius 3 is 3.00 bits per heavy atom. The highest BCUT2D eigenvalue weighted by molar-refractivity contribution is 5.78. The number of carbonyl (C=O) groups excluding carboxylic acids is 1. The van der Waals surface area contributed by atoms with E-state index in [9.17, 15) is 4.79 Å². The molecule has 1 aromatic rings. The Morgan fingerprint density at radius 2 is 2.24 bits per heavy atom. The third-order valence-electron chi connectivity index (χ3n) is 3.95. The standard InChI is InChI=1S/C16H25N3O2/c1-17-14-7-5-9-19(11-14)12-16(20)18-10-13-6-3-4-8-15(13)21-2/h3-4,6,8,14,17H,5,7,9-12H2,1-2H3,(H,18,20). The molecular formula is C16H25N3O2. The number of rotatable bonds is 6. The van der Waals surface area contributed by atoms with E-state index in [4.69, 9.17) is 4.74 Å². The Labute approximate surface area is 126 Å². The van der Waals surface area contributed by atoms with Crippen LogP contribution in [0.15, 0.2) is 24.3 Å². The fourth-order valence-corrected chi connectivity index (χ4v) is 2.74. The van der Waals surface area contributed by atoms with Crippen LogP contribution in [0.1, 0.15) is 18.4 Å². The van der Waals surface area contributed by atoms with Crippen molar-refractivity contribution in [2.45, 2.75) is 25.4 Å². The van der Waals surface area contributed by atoms with Crippen molar-refractivity contribution >= 4 is 5.91 Å². The van der Waals surface area contributed by atoms with Crippen LogP contribution >= 0.6 is 0 Å². The minimum Gasteiger partial charge on any atom is -0.496 e. The number of carbonyl (C=O) groups is 1. The molecule has 1 aliphatic heterocycles. The summed E-state index contributed by atoms with van der Waals surface area (Å²) in [5.74, 6) is 0.878. The molecule has 1 aliphatic rings. The molecule has 0 radical (unpaired) electrons. The second-order valence-corrected chi connectivity index (χ2v) is 5.45. The first-order valence-corrected chi connectivity index (χ1v) is 7.51. The van der Waals surface area contributed by atoms with Crippen LogP contribution in [-0.2, 0) is 11.3 Å². The number of methoxy groups -OCH3 is 1. The van der Waals surface area contributed by atoms with Crippen LogP contribution in [0.4, 0.5) is 0 Å². The number of hydrogen-bond acceptors (Lipinski definition) is 4. The quantitative estimate of drug-likeness (QED) is 0.821. The van der Waals surface area contributed by atoms with E-state index in [2.05, 4.69) is 15.5 Å². The highest BCUT2D eigenvalue weighted by atomic mass is 16.5. The molecule has 5 nitrogen and oxygen atoms in total. The fraction of sp³-hybridized carbons (Fsp3) is 0.562. The van der Waals surface area contributed by atoms with Gasteiger partial charge < -0.3 is 15.4 Å². The molecular weight excluding hydrogens is 266 g/mol. The van der Waals surface area contributed by atoms with E-state index in [0.717, 1.165) is 30.8 Å². The molecule has 1 unspecified atom stereocenters. The molecule has 0 saturated carbocycles. The van der Waals surface area contributed by atoms with E-state index in [1.54, 1.807) is 7.11 Å². The maximum absolute atomic E-state index is 12.1. The molecule has 1 heterocycles. The van der Waals surface area contributed by atoms with E-state index in [0.29, 0.717) is 19.1 Å². The first-order chi connectivity index (χ1) is 10.2.